The van der Waals surface area contributed by atoms with Gasteiger partial charge in [-0.1, -0.05) is 6.92 Å². The molecule has 130 valence electrons. The fraction of sp³-hybridized carbons (Fsp3) is 0.300. The van der Waals surface area contributed by atoms with Gasteiger partial charge in [0.15, 0.2) is 0 Å². The predicted molar refractivity (Wildman–Crippen MR) is 105 cm³/mol. The fourth-order valence-corrected chi connectivity index (χ4v) is 3.45. The van der Waals surface area contributed by atoms with Crippen molar-refractivity contribution < 1.29 is 4.79 Å². The molecule has 0 aliphatic carbocycles. The molecule has 2 aromatic carbocycles. The van der Waals surface area contributed by atoms with E-state index in [1.54, 1.807) is 16.7 Å². The van der Waals surface area contributed by atoms with Crippen LogP contribution >= 0.6 is 11.8 Å². The van der Waals surface area contributed by atoms with Gasteiger partial charge in [-0.25, -0.2) is 4.98 Å². The number of imidazole rings is 1. The van der Waals surface area contributed by atoms with Gasteiger partial charge >= 0.3 is 0 Å². The first-order valence-electron chi connectivity index (χ1n) is 8.44. The van der Waals surface area contributed by atoms with Crippen LogP contribution in [0.25, 0.3) is 16.7 Å². The molecule has 1 heterocycles. The Bertz CT molecular complexity index is 899. The van der Waals surface area contributed by atoms with Crippen molar-refractivity contribution in [2.45, 2.75) is 25.2 Å². The molecule has 0 aliphatic rings. The van der Waals surface area contributed by atoms with Crippen LogP contribution in [0.4, 0.5) is 0 Å². The van der Waals surface area contributed by atoms with Crippen molar-refractivity contribution in [3.63, 3.8) is 0 Å². The number of rotatable bonds is 5. The van der Waals surface area contributed by atoms with E-state index >= 15 is 0 Å². The van der Waals surface area contributed by atoms with Crippen molar-refractivity contribution in [2.75, 3.05) is 19.8 Å². The summed E-state index contributed by atoms with van der Waals surface area (Å²) in [5.41, 5.74) is 3.63. The number of aryl methyl sites for hydroxylation is 1. The van der Waals surface area contributed by atoms with Crippen molar-refractivity contribution in [3.8, 4) is 5.69 Å². The quantitative estimate of drug-likeness (QED) is 0.632. The molecule has 0 spiro atoms. The monoisotopic (exact) mass is 353 g/mol. The predicted octanol–water partition coefficient (Wildman–Crippen LogP) is 4.54. The molecule has 0 saturated carbocycles. The molecule has 25 heavy (non-hydrogen) atoms. The summed E-state index contributed by atoms with van der Waals surface area (Å²) in [5.74, 6) is 0.963. The summed E-state index contributed by atoms with van der Waals surface area (Å²) in [4.78, 5) is 20.2. The standard InChI is InChI=1S/C20H23N3OS/c1-5-12-22(3)20(24)15-6-11-18-19(13-15)23(14(2)21-18)16-7-9-17(25-4)10-8-16/h6-11,13H,5,12H2,1-4H3. The lowest BCUT2D eigenvalue weighted by atomic mass is 10.1. The lowest BCUT2D eigenvalue weighted by Crippen LogP contribution is -2.27. The molecule has 3 rings (SSSR count). The zero-order valence-corrected chi connectivity index (χ0v) is 15.9. The highest BCUT2D eigenvalue weighted by molar-refractivity contribution is 7.98. The van der Waals surface area contributed by atoms with Gasteiger partial charge in [0.05, 0.1) is 11.0 Å². The highest BCUT2D eigenvalue weighted by Crippen LogP contribution is 2.24. The van der Waals surface area contributed by atoms with Crippen molar-refractivity contribution >= 4 is 28.7 Å². The van der Waals surface area contributed by atoms with Gasteiger partial charge in [0.1, 0.15) is 5.82 Å². The van der Waals surface area contributed by atoms with Crippen LogP contribution in [-0.2, 0) is 0 Å². The Morgan fingerprint density at radius 2 is 1.92 bits per heavy atom. The fourth-order valence-electron chi connectivity index (χ4n) is 3.04. The smallest absolute Gasteiger partial charge is 0.253 e. The van der Waals surface area contributed by atoms with Crippen LogP contribution in [0.1, 0.15) is 29.5 Å². The van der Waals surface area contributed by atoms with E-state index in [2.05, 4.69) is 47.0 Å². The molecule has 3 aromatic rings. The molecule has 0 fully saturated rings. The van der Waals surface area contributed by atoms with Crippen LogP contribution in [0.15, 0.2) is 47.4 Å². The topological polar surface area (TPSA) is 38.1 Å². The molecule has 4 nitrogen and oxygen atoms in total. The van der Waals surface area contributed by atoms with Gasteiger partial charge in [0.25, 0.3) is 5.91 Å². The van der Waals surface area contributed by atoms with Crippen LogP contribution < -0.4 is 0 Å². The summed E-state index contributed by atoms with van der Waals surface area (Å²) >= 11 is 1.72. The van der Waals surface area contributed by atoms with Gasteiger partial charge in [0.2, 0.25) is 0 Å². The number of aromatic nitrogens is 2. The molecule has 1 amide bonds. The van der Waals surface area contributed by atoms with E-state index < -0.39 is 0 Å². The van der Waals surface area contributed by atoms with Gasteiger partial charge < -0.3 is 4.90 Å². The van der Waals surface area contributed by atoms with E-state index in [-0.39, 0.29) is 5.91 Å². The maximum absolute atomic E-state index is 12.6. The lowest BCUT2D eigenvalue weighted by Gasteiger charge is -2.16. The summed E-state index contributed by atoms with van der Waals surface area (Å²) in [6.45, 7) is 4.82. The third-order valence-corrected chi connectivity index (χ3v) is 5.05. The second-order valence-corrected chi connectivity index (χ2v) is 7.00. The molecule has 0 bridgehead atoms. The van der Waals surface area contributed by atoms with Gasteiger partial charge in [0, 0.05) is 29.7 Å². The second-order valence-electron chi connectivity index (χ2n) is 6.12. The molecular formula is C20H23N3OS. The Morgan fingerprint density at radius 3 is 2.56 bits per heavy atom. The summed E-state index contributed by atoms with van der Waals surface area (Å²) in [7, 11) is 1.85. The Labute approximate surface area is 152 Å². The first-order chi connectivity index (χ1) is 12.0. The Hall–Kier alpha value is -2.27. The number of carbonyl (C=O) groups is 1. The summed E-state index contributed by atoms with van der Waals surface area (Å²) in [5, 5.41) is 0. The van der Waals surface area contributed by atoms with Crippen LogP contribution in [-0.4, -0.2) is 40.2 Å². The normalized spacial score (nSPS) is 11.0. The molecule has 0 saturated heterocycles. The Morgan fingerprint density at radius 1 is 1.20 bits per heavy atom. The van der Waals surface area contributed by atoms with E-state index in [1.807, 2.05) is 32.2 Å². The van der Waals surface area contributed by atoms with Gasteiger partial charge in [-0.15, -0.1) is 11.8 Å². The number of fused-ring (bicyclic) bond motifs is 1. The molecule has 0 radical (unpaired) electrons. The van der Waals surface area contributed by atoms with E-state index in [1.165, 1.54) is 4.90 Å². The van der Waals surface area contributed by atoms with E-state index in [4.69, 9.17) is 0 Å². The summed E-state index contributed by atoms with van der Waals surface area (Å²) < 4.78 is 2.11. The number of amides is 1. The van der Waals surface area contributed by atoms with E-state index in [9.17, 15) is 4.79 Å². The largest absolute Gasteiger partial charge is 0.342 e. The zero-order valence-electron chi connectivity index (χ0n) is 15.1. The number of thioether (sulfide) groups is 1. The molecular weight excluding hydrogens is 330 g/mol. The maximum Gasteiger partial charge on any atom is 0.253 e. The lowest BCUT2D eigenvalue weighted by molar-refractivity contribution is 0.0795. The first kappa shape index (κ1) is 17.5. The third kappa shape index (κ3) is 3.42. The number of carbonyl (C=O) groups excluding carboxylic acids is 1. The van der Waals surface area contributed by atoms with E-state index in [0.717, 1.165) is 35.5 Å². The molecule has 0 unspecified atom stereocenters. The van der Waals surface area contributed by atoms with Crippen molar-refractivity contribution in [3.05, 3.63) is 53.9 Å². The van der Waals surface area contributed by atoms with Crippen molar-refractivity contribution in [1.29, 1.82) is 0 Å². The van der Waals surface area contributed by atoms with Gasteiger partial charge in [-0.3, -0.25) is 9.36 Å². The molecule has 0 N–H and O–H groups in total. The van der Waals surface area contributed by atoms with Crippen molar-refractivity contribution in [2.24, 2.45) is 0 Å². The number of hydrogen-bond donors (Lipinski definition) is 0. The number of benzene rings is 2. The molecule has 0 atom stereocenters. The van der Waals surface area contributed by atoms with Crippen LogP contribution in [0.3, 0.4) is 0 Å². The Kier molecular flexibility index (Phi) is 5.13. The minimum atomic E-state index is 0.0480. The van der Waals surface area contributed by atoms with Crippen LogP contribution in [0.5, 0.6) is 0 Å². The zero-order chi connectivity index (χ0) is 18.0. The molecule has 5 heteroatoms. The highest BCUT2D eigenvalue weighted by Gasteiger charge is 2.15. The summed E-state index contributed by atoms with van der Waals surface area (Å²) in [6.07, 6.45) is 3.01. The van der Waals surface area contributed by atoms with Crippen LogP contribution in [0, 0.1) is 6.92 Å². The molecule has 1 aromatic heterocycles. The first-order valence-corrected chi connectivity index (χ1v) is 9.66. The Balaban J connectivity index is 2.07. The second kappa shape index (κ2) is 7.31. The van der Waals surface area contributed by atoms with Crippen molar-refractivity contribution in [1.82, 2.24) is 14.5 Å². The van der Waals surface area contributed by atoms with Gasteiger partial charge in [-0.05, 0) is 62.1 Å². The summed E-state index contributed by atoms with van der Waals surface area (Å²) in [6, 6.07) is 14.2. The minimum Gasteiger partial charge on any atom is -0.342 e. The van der Waals surface area contributed by atoms with Gasteiger partial charge in [-0.2, -0.15) is 0 Å². The number of nitrogens with zero attached hydrogens (tertiary/aromatic N) is 3. The van der Waals surface area contributed by atoms with Crippen LogP contribution in [0.2, 0.25) is 0 Å². The average Bonchev–Trinajstić information content (AvgIpc) is 2.96. The highest BCUT2D eigenvalue weighted by atomic mass is 32.2. The number of hydrogen-bond acceptors (Lipinski definition) is 3. The minimum absolute atomic E-state index is 0.0480. The SMILES string of the molecule is CCCN(C)C(=O)c1ccc2nc(C)n(-c3ccc(SC)cc3)c2c1. The molecule has 0 aliphatic heterocycles. The van der Waals surface area contributed by atoms with E-state index in [0.29, 0.717) is 5.56 Å². The third-order valence-electron chi connectivity index (χ3n) is 4.31. The maximum atomic E-state index is 12.6. The average molecular weight is 353 g/mol.